The Balaban J connectivity index is 0.000000364. The van der Waals surface area contributed by atoms with Crippen molar-refractivity contribution >= 4 is 80.5 Å². The van der Waals surface area contributed by atoms with Crippen molar-refractivity contribution in [2.75, 3.05) is 19.0 Å². The summed E-state index contributed by atoms with van der Waals surface area (Å²) in [5.41, 5.74) is 4.88. The average Bonchev–Trinajstić information content (AvgIpc) is 3.78. The zero-order chi connectivity index (χ0) is 39.0. The summed E-state index contributed by atoms with van der Waals surface area (Å²) in [6.45, 7) is 11.2. The van der Waals surface area contributed by atoms with Crippen molar-refractivity contribution in [3.05, 3.63) is 94.5 Å². The fourth-order valence-corrected chi connectivity index (χ4v) is 11.2. The number of alkyl carbamates (subject to hydrolysis) is 1. The molecule has 0 radical (unpaired) electrons. The van der Waals surface area contributed by atoms with Crippen LogP contribution >= 0.6 is 35.1 Å². The van der Waals surface area contributed by atoms with Crippen LogP contribution in [0.3, 0.4) is 0 Å². The maximum atomic E-state index is 12.7. The van der Waals surface area contributed by atoms with Crippen LogP contribution in [0.25, 0.3) is 0 Å². The number of carbonyl (C=O) groups is 1. The number of hydrogen-bond donors (Lipinski definition) is 2. The molecule has 53 heavy (non-hydrogen) atoms. The Kier molecular flexibility index (Phi) is 16.4. The van der Waals surface area contributed by atoms with Crippen LogP contribution in [0.5, 0.6) is 0 Å². The first-order valence-electron chi connectivity index (χ1n) is 15.4. The topological polar surface area (TPSA) is 210 Å². The summed E-state index contributed by atoms with van der Waals surface area (Å²) < 4.78 is 109. The third-order valence-electron chi connectivity index (χ3n) is 6.69. The number of rotatable bonds is 14. The lowest BCUT2D eigenvalue weighted by Crippen LogP contribution is -2.31. The monoisotopic (exact) mass is 868 g/mol. The number of nitrogens with one attached hydrogen (secondary N) is 1. The molecule has 0 fully saturated rings. The molecule has 0 unspecified atom stereocenters. The second kappa shape index (κ2) is 18.9. The number of carbonyl (C=O) groups excluding carboxylic acids is 1. The van der Waals surface area contributed by atoms with Gasteiger partial charge in [0.15, 0.2) is 19.7 Å². The molecule has 0 aliphatic heterocycles. The molecule has 3 N–H and O–H groups in total. The van der Waals surface area contributed by atoms with E-state index in [1.54, 1.807) is 39.8 Å². The molecule has 0 saturated carbocycles. The third kappa shape index (κ3) is 12.7. The molecule has 1 amide bonds. The molecular weight excluding hydrogens is 828 g/mol. The lowest BCUT2D eigenvalue weighted by Gasteiger charge is -2.19. The molecule has 2 aromatic heterocycles. The first-order chi connectivity index (χ1) is 24.2. The van der Waals surface area contributed by atoms with E-state index in [0.717, 1.165) is 33.0 Å². The maximum Gasteiger partial charge on any atom is 0.407 e. The Morgan fingerprint density at radius 1 is 0.755 bits per heavy atom. The van der Waals surface area contributed by atoms with Crippen molar-refractivity contribution in [1.82, 2.24) is 5.32 Å². The number of thiophene rings is 2. The second-order valence-corrected chi connectivity index (χ2v) is 22.4. The summed E-state index contributed by atoms with van der Waals surface area (Å²) in [6, 6.07) is 16.4. The summed E-state index contributed by atoms with van der Waals surface area (Å²) in [6.07, 6.45) is -0.593. The van der Waals surface area contributed by atoms with Crippen molar-refractivity contribution in [3.8, 4) is 0 Å². The van der Waals surface area contributed by atoms with Gasteiger partial charge in [-0.1, -0.05) is 6.58 Å². The van der Waals surface area contributed by atoms with Crippen LogP contribution in [0.15, 0.2) is 113 Å². The first-order valence-corrected chi connectivity index (χ1v) is 23.2. The Bertz CT molecular complexity index is 2290. The molecule has 0 atom stereocenters. The van der Waals surface area contributed by atoms with Gasteiger partial charge < -0.3 is 20.5 Å². The summed E-state index contributed by atoms with van der Waals surface area (Å²) in [5.74, 6) is -0.141. The molecular formula is C33H41ClN2O11S6. The number of ether oxygens (including phenoxy) is 2. The molecule has 4 aromatic rings. The van der Waals surface area contributed by atoms with Crippen LogP contribution in [0, 0.1) is 0 Å². The van der Waals surface area contributed by atoms with E-state index in [1.807, 2.05) is 0 Å². The predicted octanol–water partition coefficient (Wildman–Crippen LogP) is 5.79. The quantitative estimate of drug-likeness (QED) is 0.144. The fourth-order valence-electron chi connectivity index (χ4n) is 4.08. The van der Waals surface area contributed by atoms with E-state index in [0.29, 0.717) is 11.5 Å². The van der Waals surface area contributed by atoms with Crippen molar-refractivity contribution in [2.45, 2.75) is 74.4 Å². The first kappa shape index (κ1) is 46.0. The van der Waals surface area contributed by atoms with E-state index in [1.165, 1.54) is 60.7 Å². The zero-order valence-electron chi connectivity index (χ0n) is 29.2. The van der Waals surface area contributed by atoms with Crippen molar-refractivity contribution < 1.29 is 47.9 Å². The Hall–Kier alpha value is -3.14. The lowest BCUT2D eigenvalue weighted by atomic mass is 10.2. The van der Waals surface area contributed by atoms with Gasteiger partial charge in [-0.05, 0) is 100 Å². The molecule has 2 aromatic carbocycles. The molecule has 292 valence electrons. The standard InChI is InChI=1S/C18H21NO6S3.C15H19NO5S3.ClH/c1-5-27(21,22)14-7-9-15(10-8-14)28(23,24)16-11-6-13(26-16)12-19-17(20)25-18(2,3)4;1-2-21-9-10-23(17,18)13-4-6-14(7-5-13)24(19,20)15-8-3-12(11-16)22-15;/h5-11H,1,12H2,2-4H3,(H,19,20);3-8H,2,9-11,16H2,1H3;1H. The number of amides is 1. The Morgan fingerprint density at radius 3 is 1.64 bits per heavy atom. The third-order valence-corrected chi connectivity index (χ3v) is 16.5. The van der Waals surface area contributed by atoms with Crippen LogP contribution in [-0.2, 0) is 61.9 Å². The summed E-state index contributed by atoms with van der Waals surface area (Å²) in [4.78, 5) is 13.2. The highest BCUT2D eigenvalue weighted by molar-refractivity contribution is 7.94. The number of benzene rings is 2. The van der Waals surface area contributed by atoms with E-state index in [-0.39, 0.29) is 65.9 Å². The van der Waals surface area contributed by atoms with Gasteiger partial charge >= 0.3 is 6.09 Å². The van der Waals surface area contributed by atoms with E-state index in [9.17, 15) is 38.5 Å². The number of sulfone groups is 4. The zero-order valence-corrected chi connectivity index (χ0v) is 34.9. The Labute approximate surface area is 325 Å². The smallest absolute Gasteiger partial charge is 0.407 e. The molecule has 0 spiro atoms. The highest BCUT2D eigenvalue weighted by Crippen LogP contribution is 2.30. The minimum atomic E-state index is -3.80. The van der Waals surface area contributed by atoms with Gasteiger partial charge in [0.2, 0.25) is 19.7 Å². The van der Waals surface area contributed by atoms with E-state index in [4.69, 9.17) is 15.2 Å². The van der Waals surface area contributed by atoms with Gasteiger partial charge in [0.1, 0.15) is 14.0 Å². The van der Waals surface area contributed by atoms with Gasteiger partial charge in [-0.2, -0.15) is 0 Å². The molecule has 0 aliphatic rings. The van der Waals surface area contributed by atoms with Crippen LogP contribution < -0.4 is 11.1 Å². The summed E-state index contributed by atoms with van der Waals surface area (Å²) in [5, 5.41) is 3.37. The Morgan fingerprint density at radius 2 is 1.21 bits per heavy atom. The number of halogens is 1. The van der Waals surface area contributed by atoms with Gasteiger partial charge in [-0.25, -0.2) is 38.5 Å². The SMILES string of the molecule is C=CS(=O)(=O)c1ccc(S(=O)(=O)c2ccc(CNC(=O)OC(C)(C)C)s2)cc1.CCOCCS(=O)(=O)c1ccc(S(=O)(=O)c2ccc(CN)s2)cc1.Cl. The van der Waals surface area contributed by atoms with E-state index < -0.39 is 51.0 Å². The van der Waals surface area contributed by atoms with Crippen LogP contribution in [0.1, 0.15) is 37.4 Å². The normalized spacial score (nSPS) is 12.2. The predicted molar refractivity (Wildman–Crippen MR) is 207 cm³/mol. The molecule has 0 saturated heterocycles. The minimum Gasteiger partial charge on any atom is -0.444 e. The van der Waals surface area contributed by atoms with Crippen molar-refractivity contribution in [2.24, 2.45) is 5.73 Å². The molecule has 13 nitrogen and oxygen atoms in total. The summed E-state index contributed by atoms with van der Waals surface area (Å²) >= 11 is 2.13. The van der Waals surface area contributed by atoms with Crippen molar-refractivity contribution in [3.63, 3.8) is 0 Å². The fraction of sp³-hybridized carbons (Fsp3) is 0.303. The van der Waals surface area contributed by atoms with Gasteiger partial charge in [0.05, 0.1) is 38.5 Å². The molecule has 2 heterocycles. The van der Waals surface area contributed by atoms with Crippen molar-refractivity contribution in [1.29, 1.82) is 0 Å². The second-order valence-electron chi connectivity index (χ2n) is 11.7. The van der Waals surface area contributed by atoms with E-state index >= 15 is 0 Å². The molecule has 0 aliphatic carbocycles. The molecule has 20 heteroatoms. The van der Waals surface area contributed by atoms with Gasteiger partial charge in [-0.3, -0.25) is 0 Å². The molecule has 0 bridgehead atoms. The van der Waals surface area contributed by atoms with Crippen LogP contribution in [-0.4, -0.2) is 64.3 Å². The highest BCUT2D eigenvalue weighted by atomic mass is 35.5. The average molecular weight is 870 g/mol. The van der Waals surface area contributed by atoms with Crippen LogP contribution in [0.4, 0.5) is 4.79 Å². The van der Waals surface area contributed by atoms with E-state index in [2.05, 4.69) is 11.9 Å². The van der Waals surface area contributed by atoms with Gasteiger partial charge in [-0.15, -0.1) is 35.1 Å². The number of hydrogen-bond acceptors (Lipinski definition) is 14. The number of nitrogens with two attached hydrogens (primary N) is 1. The largest absolute Gasteiger partial charge is 0.444 e. The summed E-state index contributed by atoms with van der Waals surface area (Å²) in [7, 11) is -14.6. The van der Waals surface area contributed by atoms with Gasteiger partial charge in [0, 0.05) is 28.3 Å². The maximum absolute atomic E-state index is 12.7. The molecule has 4 rings (SSSR count). The lowest BCUT2D eigenvalue weighted by molar-refractivity contribution is 0.0524. The van der Waals surface area contributed by atoms with Gasteiger partial charge in [0.25, 0.3) is 0 Å². The highest BCUT2D eigenvalue weighted by Gasteiger charge is 2.23. The minimum absolute atomic E-state index is 0. The van der Waals surface area contributed by atoms with Crippen LogP contribution in [0.2, 0.25) is 0 Å².